The molecule has 0 aliphatic carbocycles. The molecular weight excluding hydrogens is 295 g/mol. The average Bonchev–Trinajstić information content (AvgIpc) is 2.76. The van der Waals surface area contributed by atoms with Crippen molar-refractivity contribution in [3.05, 3.63) is 46.5 Å². The average molecular weight is 300 g/mol. The molecule has 0 unspecified atom stereocenters. The molecular formula is C12H5Cl2F2N3. The third-order valence-corrected chi connectivity index (χ3v) is 3.15. The Labute approximate surface area is 116 Å². The number of halogens is 4. The molecule has 0 amide bonds. The Morgan fingerprint density at radius 3 is 2.63 bits per heavy atom. The van der Waals surface area contributed by atoms with Gasteiger partial charge < -0.3 is 4.98 Å². The number of aromatic nitrogens is 3. The van der Waals surface area contributed by atoms with Gasteiger partial charge in [-0.05, 0) is 17.7 Å². The molecule has 0 radical (unpaired) electrons. The number of nitrogens with zero attached hydrogens (tertiary/aromatic N) is 2. The van der Waals surface area contributed by atoms with Gasteiger partial charge in [0.2, 0.25) is 5.28 Å². The quantitative estimate of drug-likeness (QED) is 0.684. The van der Waals surface area contributed by atoms with E-state index in [1.54, 1.807) is 6.20 Å². The summed E-state index contributed by atoms with van der Waals surface area (Å²) >= 11 is 11.7. The van der Waals surface area contributed by atoms with Gasteiger partial charge in [0, 0.05) is 28.7 Å². The van der Waals surface area contributed by atoms with Crippen LogP contribution in [0.4, 0.5) is 8.78 Å². The highest BCUT2D eigenvalue weighted by molar-refractivity contribution is 6.34. The molecule has 0 saturated carbocycles. The Kier molecular flexibility index (Phi) is 2.88. The van der Waals surface area contributed by atoms with E-state index < -0.39 is 11.6 Å². The van der Waals surface area contributed by atoms with E-state index in [9.17, 15) is 8.78 Å². The molecule has 0 atom stereocenters. The highest BCUT2D eigenvalue weighted by Crippen LogP contribution is 2.33. The second kappa shape index (κ2) is 4.43. The van der Waals surface area contributed by atoms with E-state index in [1.165, 1.54) is 6.20 Å². The van der Waals surface area contributed by atoms with Crippen LogP contribution >= 0.6 is 23.2 Å². The molecule has 0 saturated heterocycles. The fraction of sp³-hybridized carbons (Fsp3) is 0. The first kappa shape index (κ1) is 12.3. The minimum absolute atomic E-state index is 0.0244. The van der Waals surface area contributed by atoms with Crippen molar-refractivity contribution in [2.45, 2.75) is 0 Å². The number of hydrogen-bond donors (Lipinski definition) is 1. The maximum absolute atomic E-state index is 13.3. The zero-order chi connectivity index (χ0) is 13.6. The Hall–Kier alpha value is -1.72. The SMILES string of the molecule is Fc1cc2[nH]cc(-c3nc(Cl)ncc3Cl)c2cc1F. The van der Waals surface area contributed by atoms with E-state index in [-0.39, 0.29) is 10.3 Å². The van der Waals surface area contributed by atoms with Gasteiger partial charge in [0.15, 0.2) is 11.6 Å². The summed E-state index contributed by atoms with van der Waals surface area (Å²) < 4.78 is 26.5. The maximum atomic E-state index is 13.3. The summed E-state index contributed by atoms with van der Waals surface area (Å²) in [5.74, 6) is -1.86. The van der Waals surface area contributed by atoms with Crippen LogP contribution in [0.25, 0.3) is 22.2 Å². The van der Waals surface area contributed by atoms with Crippen LogP contribution in [0.5, 0.6) is 0 Å². The second-order valence-electron chi connectivity index (χ2n) is 3.85. The molecule has 0 fully saturated rings. The van der Waals surface area contributed by atoms with Gasteiger partial charge in [0.25, 0.3) is 0 Å². The number of rotatable bonds is 1. The zero-order valence-corrected chi connectivity index (χ0v) is 10.7. The Balaban J connectivity index is 2.31. The third-order valence-electron chi connectivity index (χ3n) is 2.69. The summed E-state index contributed by atoms with van der Waals surface area (Å²) in [5.41, 5.74) is 1.34. The lowest BCUT2D eigenvalue weighted by atomic mass is 10.1. The van der Waals surface area contributed by atoms with Crippen molar-refractivity contribution in [2.75, 3.05) is 0 Å². The number of nitrogens with one attached hydrogen (secondary N) is 1. The predicted octanol–water partition coefficient (Wildman–Crippen LogP) is 4.21. The molecule has 0 aliphatic heterocycles. The van der Waals surface area contributed by atoms with Crippen LogP contribution in [0.3, 0.4) is 0 Å². The largest absolute Gasteiger partial charge is 0.360 e. The van der Waals surface area contributed by atoms with Gasteiger partial charge in [-0.3, -0.25) is 0 Å². The monoisotopic (exact) mass is 299 g/mol. The third kappa shape index (κ3) is 2.05. The van der Waals surface area contributed by atoms with Crippen LogP contribution in [0.2, 0.25) is 10.3 Å². The van der Waals surface area contributed by atoms with Crippen molar-refractivity contribution in [1.29, 1.82) is 0 Å². The van der Waals surface area contributed by atoms with E-state index in [0.29, 0.717) is 22.2 Å². The maximum Gasteiger partial charge on any atom is 0.222 e. The molecule has 0 spiro atoms. The van der Waals surface area contributed by atoms with Crippen molar-refractivity contribution < 1.29 is 8.78 Å². The number of benzene rings is 1. The van der Waals surface area contributed by atoms with Crippen LogP contribution in [0, 0.1) is 11.6 Å². The fourth-order valence-corrected chi connectivity index (χ4v) is 2.17. The molecule has 0 aliphatic rings. The normalized spacial score (nSPS) is 11.2. The molecule has 2 heterocycles. The zero-order valence-electron chi connectivity index (χ0n) is 9.22. The molecule has 2 aromatic heterocycles. The van der Waals surface area contributed by atoms with Crippen molar-refractivity contribution in [3.8, 4) is 11.3 Å². The summed E-state index contributed by atoms with van der Waals surface area (Å²) in [4.78, 5) is 10.6. The van der Waals surface area contributed by atoms with E-state index in [4.69, 9.17) is 23.2 Å². The number of H-pyrrole nitrogens is 1. The van der Waals surface area contributed by atoms with Crippen molar-refractivity contribution >= 4 is 34.1 Å². The molecule has 1 aromatic carbocycles. The Morgan fingerprint density at radius 2 is 1.84 bits per heavy atom. The lowest BCUT2D eigenvalue weighted by Gasteiger charge is -2.02. The van der Waals surface area contributed by atoms with E-state index in [0.717, 1.165) is 12.1 Å². The predicted molar refractivity (Wildman–Crippen MR) is 69.3 cm³/mol. The smallest absolute Gasteiger partial charge is 0.222 e. The molecule has 3 nitrogen and oxygen atoms in total. The topological polar surface area (TPSA) is 41.6 Å². The van der Waals surface area contributed by atoms with Gasteiger partial charge in [-0.15, -0.1) is 0 Å². The van der Waals surface area contributed by atoms with Crippen LogP contribution in [0.15, 0.2) is 24.5 Å². The molecule has 96 valence electrons. The summed E-state index contributed by atoms with van der Waals surface area (Å²) in [6, 6.07) is 2.16. The lowest BCUT2D eigenvalue weighted by molar-refractivity contribution is 0.511. The minimum Gasteiger partial charge on any atom is -0.360 e. The number of hydrogen-bond acceptors (Lipinski definition) is 2. The van der Waals surface area contributed by atoms with Crippen LogP contribution in [-0.4, -0.2) is 15.0 Å². The fourth-order valence-electron chi connectivity index (χ4n) is 1.85. The van der Waals surface area contributed by atoms with Gasteiger partial charge in [-0.1, -0.05) is 11.6 Å². The van der Waals surface area contributed by atoms with E-state index >= 15 is 0 Å². The van der Waals surface area contributed by atoms with Crippen LogP contribution in [-0.2, 0) is 0 Å². The Bertz CT molecular complexity index is 786. The molecule has 7 heteroatoms. The van der Waals surface area contributed by atoms with Crippen molar-refractivity contribution in [3.63, 3.8) is 0 Å². The van der Waals surface area contributed by atoms with Crippen molar-refractivity contribution in [1.82, 2.24) is 15.0 Å². The summed E-state index contributed by atoms with van der Waals surface area (Å²) in [6.45, 7) is 0. The highest BCUT2D eigenvalue weighted by Gasteiger charge is 2.14. The van der Waals surface area contributed by atoms with Gasteiger partial charge >= 0.3 is 0 Å². The van der Waals surface area contributed by atoms with Crippen LogP contribution in [0.1, 0.15) is 0 Å². The van der Waals surface area contributed by atoms with Crippen molar-refractivity contribution in [2.24, 2.45) is 0 Å². The molecule has 3 aromatic rings. The summed E-state index contributed by atoms with van der Waals surface area (Å²) in [6.07, 6.45) is 2.92. The molecule has 19 heavy (non-hydrogen) atoms. The van der Waals surface area contributed by atoms with Gasteiger partial charge in [-0.25, -0.2) is 18.7 Å². The Morgan fingerprint density at radius 1 is 1.11 bits per heavy atom. The number of aromatic amines is 1. The first-order valence-electron chi connectivity index (χ1n) is 5.21. The highest BCUT2D eigenvalue weighted by atomic mass is 35.5. The summed E-state index contributed by atoms with van der Waals surface area (Å²) in [5, 5.41) is 0.766. The molecule has 0 bridgehead atoms. The van der Waals surface area contributed by atoms with Gasteiger partial charge in [0.05, 0.1) is 16.9 Å². The van der Waals surface area contributed by atoms with Crippen LogP contribution < -0.4 is 0 Å². The first-order chi connectivity index (χ1) is 9.06. The van der Waals surface area contributed by atoms with Gasteiger partial charge in [-0.2, -0.15) is 0 Å². The van der Waals surface area contributed by atoms with E-state index in [2.05, 4.69) is 15.0 Å². The van der Waals surface area contributed by atoms with Gasteiger partial charge in [0.1, 0.15) is 0 Å². The second-order valence-corrected chi connectivity index (χ2v) is 4.60. The minimum atomic E-state index is -0.940. The molecule has 1 N–H and O–H groups in total. The first-order valence-corrected chi connectivity index (χ1v) is 5.96. The number of fused-ring (bicyclic) bond motifs is 1. The standard InChI is InChI=1S/C12H5Cl2F2N3/c13-7-4-18-12(14)19-11(7)6-3-17-10-2-9(16)8(15)1-5(6)10/h1-4,17H. The summed E-state index contributed by atoms with van der Waals surface area (Å²) in [7, 11) is 0. The molecule has 3 rings (SSSR count). The van der Waals surface area contributed by atoms with E-state index in [1.807, 2.05) is 0 Å². The lowest BCUT2D eigenvalue weighted by Crippen LogP contribution is -1.89.